The van der Waals surface area contributed by atoms with E-state index in [1.807, 2.05) is 0 Å². The van der Waals surface area contributed by atoms with Gasteiger partial charge in [-0.3, -0.25) is 4.99 Å². The molecule has 0 aromatic heterocycles. The first kappa shape index (κ1) is 11.6. The molecule has 0 amide bonds. The van der Waals surface area contributed by atoms with Crippen LogP contribution in [0.4, 0.5) is 0 Å². The zero-order chi connectivity index (χ0) is 10.5. The standard InChI is InChI=1S/C8H15N3O2/c1-6(9)11-5-3-4-8(2,10)7(12)13/h3-4H,5,10H2,1-2H3,(H2,9,11)(H,12,13). The van der Waals surface area contributed by atoms with Gasteiger partial charge < -0.3 is 16.6 Å². The quantitative estimate of drug-likeness (QED) is 0.318. The molecule has 0 spiro atoms. The molecule has 0 heterocycles. The molecule has 0 aliphatic heterocycles. The minimum Gasteiger partial charge on any atom is -0.480 e. The Morgan fingerprint density at radius 3 is 2.62 bits per heavy atom. The summed E-state index contributed by atoms with van der Waals surface area (Å²) in [6, 6.07) is 0. The van der Waals surface area contributed by atoms with Crippen LogP contribution in [0.2, 0.25) is 0 Å². The lowest BCUT2D eigenvalue weighted by Crippen LogP contribution is -2.42. The van der Waals surface area contributed by atoms with E-state index in [0.29, 0.717) is 12.4 Å². The number of hydrogen-bond acceptors (Lipinski definition) is 3. The predicted molar refractivity (Wildman–Crippen MR) is 51.5 cm³/mol. The number of rotatable bonds is 4. The Bertz CT molecular complexity index is 240. The molecule has 0 aromatic carbocycles. The van der Waals surface area contributed by atoms with Crippen LogP contribution in [0.5, 0.6) is 0 Å². The van der Waals surface area contributed by atoms with E-state index in [9.17, 15) is 4.79 Å². The van der Waals surface area contributed by atoms with Crippen molar-refractivity contribution in [3.63, 3.8) is 0 Å². The van der Waals surface area contributed by atoms with Crippen LogP contribution >= 0.6 is 0 Å². The maximum absolute atomic E-state index is 10.5. The number of nitrogens with two attached hydrogens (primary N) is 2. The lowest BCUT2D eigenvalue weighted by atomic mass is 10.0. The molecule has 1 atom stereocenters. The Morgan fingerprint density at radius 2 is 2.23 bits per heavy atom. The Balaban J connectivity index is 4.12. The Kier molecular flexibility index (Phi) is 4.13. The molecule has 0 bridgehead atoms. The molecule has 1 unspecified atom stereocenters. The van der Waals surface area contributed by atoms with Crippen LogP contribution < -0.4 is 11.5 Å². The molecule has 0 saturated heterocycles. The monoisotopic (exact) mass is 185 g/mol. The number of hydrogen-bond donors (Lipinski definition) is 3. The van der Waals surface area contributed by atoms with Crippen molar-refractivity contribution >= 4 is 11.8 Å². The van der Waals surface area contributed by atoms with Crippen molar-refractivity contribution in [1.29, 1.82) is 0 Å². The first-order valence-corrected chi connectivity index (χ1v) is 3.83. The molecular formula is C8H15N3O2. The number of aliphatic imine (C=N–C) groups is 1. The summed E-state index contributed by atoms with van der Waals surface area (Å²) in [6.45, 7) is 3.42. The highest BCUT2D eigenvalue weighted by atomic mass is 16.4. The van der Waals surface area contributed by atoms with Gasteiger partial charge in [-0.15, -0.1) is 0 Å². The van der Waals surface area contributed by atoms with Crippen LogP contribution in [0.25, 0.3) is 0 Å². The number of carboxylic acid groups (broad SMARTS) is 1. The third kappa shape index (κ3) is 4.97. The van der Waals surface area contributed by atoms with Gasteiger partial charge in [0.1, 0.15) is 5.54 Å². The van der Waals surface area contributed by atoms with Crippen LogP contribution in [0.1, 0.15) is 13.8 Å². The van der Waals surface area contributed by atoms with Crippen LogP contribution in [0, 0.1) is 0 Å². The lowest BCUT2D eigenvalue weighted by Gasteiger charge is -2.12. The fourth-order valence-corrected chi connectivity index (χ4v) is 0.566. The second kappa shape index (κ2) is 4.61. The van der Waals surface area contributed by atoms with E-state index in [1.54, 1.807) is 13.0 Å². The van der Waals surface area contributed by atoms with Crippen LogP contribution in [0.3, 0.4) is 0 Å². The van der Waals surface area contributed by atoms with E-state index >= 15 is 0 Å². The summed E-state index contributed by atoms with van der Waals surface area (Å²) in [6.07, 6.45) is 2.96. The Hall–Kier alpha value is -1.36. The number of carbonyl (C=O) groups is 1. The lowest BCUT2D eigenvalue weighted by molar-refractivity contribution is -0.140. The molecule has 0 saturated carbocycles. The van der Waals surface area contributed by atoms with E-state index in [2.05, 4.69) is 4.99 Å². The van der Waals surface area contributed by atoms with E-state index in [-0.39, 0.29) is 0 Å². The molecule has 13 heavy (non-hydrogen) atoms. The molecule has 0 aromatic rings. The third-order valence-electron chi connectivity index (χ3n) is 1.37. The first-order valence-electron chi connectivity index (χ1n) is 3.83. The van der Waals surface area contributed by atoms with Gasteiger partial charge in [0.05, 0.1) is 12.4 Å². The van der Waals surface area contributed by atoms with Crippen molar-refractivity contribution in [2.75, 3.05) is 6.54 Å². The fourth-order valence-electron chi connectivity index (χ4n) is 0.566. The summed E-state index contributed by atoms with van der Waals surface area (Å²) < 4.78 is 0. The SMILES string of the molecule is CC(N)=NCC=CC(C)(N)C(=O)O. The molecule has 0 rings (SSSR count). The Labute approximate surface area is 77.1 Å². The first-order chi connectivity index (χ1) is 5.86. The highest BCUT2D eigenvalue weighted by molar-refractivity contribution is 5.80. The van der Waals surface area contributed by atoms with Gasteiger partial charge in [-0.2, -0.15) is 0 Å². The summed E-state index contributed by atoms with van der Waals surface area (Å²) >= 11 is 0. The topological polar surface area (TPSA) is 102 Å². The van der Waals surface area contributed by atoms with Gasteiger partial charge in [-0.05, 0) is 13.8 Å². The molecular weight excluding hydrogens is 170 g/mol. The second-order valence-electron chi connectivity index (χ2n) is 2.97. The summed E-state index contributed by atoms with van der Waals surface area (Å²) in [5.74, 6) is -0.615. The number of aliphatic carboxylic acids is 1. The zero-order valence-corrected chi connectivity index (χ0v) is 7.82. The average molecular weight is 185 g/mol. The molecule has 5 nitrogen and oxygen atoms in total. The zero-order valence-electron chi connectivity index (χ0n) is 7.82. The van der Waals surface area contributed by atoms with Gasteiger partial charge in [0.25, 0.3) is 0 Å². The second-order valence-corrected chi connectivity index (χ2v) is 2.97. The molecule has 0 aliphatic carbocycles. The van der Waals surface area contributed by atoms with Crippen molar-refractivity contribution in [2.45, 2.75) is 19.4 Å². The van der Waals surface area contributed by atoms with Gasteiger partial charge in [-0.25, -0.2) is 4.79 Å². The van der Waals surface area contributed by atoms with Gasteiger partial charge in [0, 0.05) is 0 Å². The van der Waals surface area contributed by atoms with Crippen molar-refractivity contribution in [2.24, 2.45) is 16.5 Å². The van der Waals surface area contributed by atoms with Gasteiger partial charge in [-0.1, -0.05) is 12.2 Å². The van der Waals surface area contributed by atoms with Crippen molar-refractivity contribution < 1.29 is 9.90 Å². The molecule has 0 fully saturated rings. The summed E-state index contributed by atoms with van der Waals surface area (Å²) in [7, 11) is 0. The van der Waals surface area contributed by atoms with E-state index in [4.69, 9.17) is 16.6 Å². The minimum absolute atomic E-state index is 0.350. The van der Waals surface area contributed by atoms with E-state index in [1.165, 1.54) is 13.0 Å². The van der Waals surface area contributed by atoms with Crippen LogP contribution in [0.15, 0.2) is 17.1 Å². The van der Waals surface area contributed by atoms with Crippen LogP contribution in [-0.4, -0.2) is 29.0 Å². The normalized spacial score (nSPS) is 17.3. The molecule has 5 heteroatoms. The third-order valence-corrected chi connectivity index (χ3v) is 1.37. The van der Waals surface area contributed by atoms with Crippen molar-refractivity contribution in [3.8, 4) is 0 Å². The summed E-state index contributed by atoms with van der Waals surface area (Å²) in [4.78, 5) is 14.4. The highest BCUT2D eigenvalue weighted by Gasteiger charge is 2.23. The highest BCUT2D eigenvalue weighted by Crippen LogP contribution is 2.00. The predicted octanol–water partition coefficient (Wildman–Crippen LogP) is -0.278. The van der Waals surface area contributed by atoms with E-state index in [0.717, 1.165) is 0 Å². The summed E-state index contributed by atoms with van der Waals surface area (Å²) in [5, 5.41) is 8.61. The fraction of sp³-hybridized carbons (Fsp3) is 0.500. The molecule has 0 radical (unpaired) electrons. The van der Waals surface area contributed by atoms with Gasteiger partial charge in [0.15, 0.2) is 0 Å². The largest absolute Gasteiger partial charge is 0.480 e. The number of carboxylic acids is 1. The smallest absolute Gasteiger partial charge is 0.327 e. The number of nitrogens with zero attached hydrogens (tertiary/aromatic N) is 1. The van der Waals surface area contributed by atoms with Gasteiger partial charge in [0.2, 0.25) is 0 Å². The van der Waals surface area contributed by atoms with Crippen LogP contribution in [-0.2, 0) is 4.79 Å². The molecule has 5 N–H and O–H groups in total. The van der Waals surface area contributed by atoms with Crippen molar-refractivity contribution in [1.82, 2.24) is 0 Å². The summed E-state index contributed by atoms with van der Waals surface area (Å²) in [5.41, 5.74) is 9.35. The van der Waals surface area contributed by atoms with E-state index < -0.39 is 11.5 Å². The maximum atomic E-state index is 10.5. The minimum atomic E-state index is -1.34. The van der Waals surface area contributed by atoms with Gasteiger partial charge >= 0.3 is 5.97 Å². The van der Waals surface area contributed by atoms with Crippen molar-refractivity contribution in [3.05, 3.63) is 12.2 Å². The molecule has 74 valence electrons. The average Bonchev–Trinajstić information content (AvgIpc) is 1.97. The Morgan fingerprint density at radius 1 is 1.69 bits per heavy atom. The number of amidine groups is 1. The maximum Gasteiger partial charge on any atom is 0.327 e. The molecule has 0 aliphatic rings.